The monoisotopic (exact) mass is 209 g/mol. The Morgan fingerprint density at radius 2 is 2.27 bits per heavy atom. The number of nitrogens with one attached hydrogen (secondary N) is 1. The van der Waals surface area contributed by atoms with Crippen LogP contribution in [-0.4, -0.2) is 34.6 Å². The number of carboxylic acid groups (broad SMARTS) is 1. The largest absolute Gasteiger partial charge is 0.480 e. The Labute approximate surface area is 86.1 Å². The Morgan fingerprint density at radius 1 is 1.53 bits per heavy atom. The van der Waals surface area contributed by atoms with Crippen LogP contribution in [0.3, 0.4) is 0 Å². The molecule has 15 heavy (non-hydrogen) atoms. The summed E-state index contributed by atoms with van der Waals surface area (Å²) < 4.78 is 0. The molecule has 1 aromatic rings. The van der Waals surface area contributed by atoms with Gasteiger partial charge in [-0.1, -0.05) is 6.07 Å². The van der Waals surface area contributed by atoms with Crippen LogP contribution < -0.4 is 11.1 Å². The van der Waals surface area contributed by atoms with Gasteiger partial charge in [0.05, 0.1) is 0 Å². The van der Waals surface area contributed by atoms with Crippen molar-refractivity contribution in [2.24, 2.45) is 5.73 Å². The highest BCUT2D eigenvalue weighted by atomic mass is 16.4. The van der Waals surface area contributed by atoms with Gasteiger partial charge in [0.15, 0.2) is 0 Å². The van der Waals surface area contributed by atoms with E-state index in [-0.39, 0.29) is 12.2 Å². The maximum absolute atomic E-state index is 11.3. The van der Waals surface area contributed by atoms with Crippen LogP contribution in [0.5, 0.6) is 0 Å². The number of carbonyl (C=O) groups is 2. The zero-order valence-electron chi connectivity index (χ0n) is 7.88. The van der Waals surface area contributed by atoms with Gasteiger partial charge in [-0.2, -0.15) is 0 Å². The lowest BCUT2D eigenvalue weighted by atomic mass is 10.3. The molecule has 0 aliphatic rings. The molecule has 0 fully saturated rings. The minimum absolute atomic E-state index is 0.120. The summed E-state index contributed by atoms with van der Waals surface area (Å²) in [6, 6.07) is 3.78. The van der Waals surface area contributed by atoms with E-state index in [1.165, 1.54) is 12.3 Å². The summed E-state index contributed by atoms with van der Waals surface area (Å²) in [5.74, 6) is -1.59. The van der Waals surface area contributed by atoms with E-state index in [1.54, 1.807) is 12.1 Å². The molecule has 0 bridgehead atoms. The van der Waals surface area contributed by atoms with Crippen molar-refractivity contribution in [3.05, 3.63) is 30.1 Å². The van der Waals surface area contributed by atoms with Crippen LogP contribution in [0.1, 0.15) is 10.5 Å². The fourth-order valence-electron chi connectivity index (χ4n) is 0.878. The number of hydrogen-bond donors (Lipinski definition) is 3. The molecule has 0 spiro atoms. The van der Waals surface area contributed by atoms with Crippen molar-refractivity contribution in [3.63, 3.8) is 0 Å². The smallest absolute Gasteiger partial charge is 0.322 e. The predicted octanol–water partition coefficient (Wildman–Crippen LogP) is -0.777. The molecule has 1 rings (SSSR count). The molecule has 6 nitrogen and oxygen atoms in total. The first-order valence-electron chi connectivity index (χ1n) is 4.29. The zero-order chi connectivity index (χ0) is 11.3. The molecule has 0 saturated heterocycles. The summed E-state index contributed by atoms with van der Waals surface area (Å²) in [5.41, 5.74) is 5.44. The van der Waals surface area contributed by atoms with Crippen LogP contribution in [0.15, 0.2) is 24.4 Å². The molecule has 1 amide bonds. The summed E-state index contributed by atoms with van der Waals surface area (Å²) >= 11 is 0. The van der Waals surface area contributed by atoms with E-state index in [2.05, 4.69) is 10.3 Å². The fraction of sp³-hybridized carbons (Fsp3) is 0.222. The van der Waals surface area contributed by atoms with Gasteiger partial charge in [0.2, 0.25) is 0 Å². The molecule has 1 heterocycles. The summed E-state index contributed by atoms with van der Waals surface area (Å²) in [7, 11) is 0. The molecular formula is C9H11N3O3. The number of carbonyl (C=O) groups excluding carboxylic acids is 1. The van der Waals surface area contributed by atoms with Gasteiger partial charge in [0.25, 0.3) is 5.91 Å². The van der Waals surface area contributed by atoms with Gasteiger partial charge in [0, 0.05) is 12.7 Å². The van der Waals surface area contributed by atoms with E-state index >= 15 is 0 Å². The Kier molecular flexibility index (Phi) is 3.75. The lowest BCUT2D eigenvalue weighted by molar-refractivity contribution is -0.138. The first kappa shape index (κ1) is 11.1. The van der Waals surface area contributed by atoms with Crippen molar-refractivity contribution >= 4 is 11.9 Å². The van der Waals surface area contributed by atoms with Gasteiger partial charge in [-0.3, -0.25) is 14.6 Å². The molecule has 0 unspecified atom stereocenters. The zero-order valence-corrected chi connectivity index (χ0v) is 7.88. The summed E-state index contributed by atoms with van der Waals surface area (Å²) in [6.45, 7) is -0.120. The standard InChI is InChI=1S/C9H11N3O3/c10-6(9(14)15)5-12-8(13)7-3-1-2-4-11-7/h1-4,6H,5,10H2,(H,12,13)(H,14,15)/t6-/m0/s1. The van der Waals surface area contributed by atoms with Crippen LogP contribution in [0.25, 0.3) is 0 Å². The Balaban J connectivity index is 2.47. The average molecular weight is 209 g/mol. The topological polar surface area (TPSA) is 105 Å². The Bertz CT molecular complexity index is 353. The quantitative estimate of drug-likeness (QED) is 0.603. The van der Waals surface area contributed by atoms with Gasteiger partial charge in [-0.05, 0) is 12.1 Å². The second-order valence-corrected chi connectivity index (χ2v) is 2.87. The van der Waals surface area contributed by atoms with E-state index in [0.29, 0.717) is 0 Å². The lowest BCUT2D eigenvalue weighted by Gasteiger charge is -2.07. The van der Waals surface area contributed by atoms with Crippen molar-refractivity contribution in [3.8, 4) is 0 Å². The number of hydrogen-bond acceptors (Lipinski definition) is 4. The van der Waals surface area contributed by atoms with Crippen LogP contribution in [0, 0.1) is 0 Å². The van der Waals surface area contributed by atoms with E-state index in [4.69, 9.17) is 10.8 Å². The molecule has 1 aromatic heterocycles. The number of aliphatic carboxylic acids is 1. The molecule has 0 aromatic carbocycles. The molecule has 0 saturated carbocycles. The molecule has 80 valence electrons. The molecule has 0 radical (unpaired) electrons. The normalized spacial score (nSPS) is 11.8. The molecule has 4 N–H and O–H groups in total. The number of aromatic nitrogens is 1. The third-order valence-electron chi connectivity index (χ3n) is 1.70. The number of pyridine rings is 1. The van der Waals surface area contributed by atoms with Crippen molar-refractivity contribution in [1.82, 2.24) is 10.3 Å². The van der Waals surface area contributed by atoms with E-state index in [0.717, 1.165) is 0 Å². The minimum Gasteiger partial charge on any atom is -0.480 e. The summed E-state index contributed by atoms with van der Waals surface area (Å²) in [5, 5.41) is 10.8. The first-order valence-corrected chi connectivity index (χ1v) is 4.29. The van der Waals surface area contributed by atoms with Gasteiger partial charge in [-0.25, -0.2) is 0 Å². The molecule has 0 aliphatic heterocycles. The van der Waals surface area contributed by atoms with Crippen LogP contribution in [0.2, 0.25) is 0 Å². The van der Waals surface area contributed by atoms with Gasteiger partial charge < -0.3 is 16.2 Å². The fourth-order valence-corrected chi connectivity index (χ4v) is 0.878. The Hall–Kier alpha value is -1.95. The number of carboxylic acids is 1. The second-order valence-electron chi connectivity index (χ2n) is 2.87. The second kappa shape index (κ2) is 5.06. The average Bonchev–Trinajstić information content (AvgIpc) is 2.26. The van der Waals surface area contributed by atoms with Crippen molar-refractivity contribution < 1.29 is 14.7 Å². The van der Waals surface area contributed by atoms with E-state index in [9.17, 15) is 9.59 Å². The van der Waals surface area contributed by atoms with Gasteiger partial charge in [0.1, 0.15) is 11.7 Å². The summed E-state index contributed by atoms with van der Waals surface area (Å²) in [6.07, 6.45) is 1.48. The third kappa shape index (κ3) is 3.35. The van der Waals surface area contributed by atoms with Crippen LogP contribution in [-0.2, 0) is 4.79 Å². The van der Waals surface area contributed by atoms with Crippen molar-refractivity contribution in [2.45, 2.75) is 6.04 Å². The number of nitrogens with two attached hydrogens (primary N) is 1. The van der Waals surface area contributed by atoms with E-state index < -0.39 is 17.9 Å². The van der Waals surface area contributed by atoms with Crippen LogP contribution in [0.4, 0.5) is 0 Å². The maximum atomic E-state index is 11.3. The number of nitrogens with zero attached hydrogens (tertiary/aromatic N) is 1. The minimum atomic E-state index is -1.16. The molecule has 1 atom stereocenters. The van der Waals surface area contributed by atoms with Gasteiger partial charge >= 0.3 is 5.97 Å². The van der Waals surface area contributed by atoms with Crippen molar-refractivity contribution in [2.75, 3.05) is 6.54 Å². The molecular weight excluding hydrogens is 198 g/mol. The third-order valence-corrected chi connectivity index (χ3v) is 1.70. The molecule has 6 heteroatoms. The molecule has 0 aliphatic carbocycles. The lowest BCUT2D eigenvalue weighted by Crippen LogP contribution is -2.42. The number of rotatable bonds is 4. The highest BCUT2D eigenvalue weighted by Gasteiger charge is 2.13. The maximum Gasteiger partial charge on any atom is 0.322 e. The highest BCUT2D eigenvalue weighted by molar-refractivity contribution is 5.92. The number of amides is 1. The SMILES string of the molecule is N[C@@H](CNC(=O)c1ccccn1)C(=O)O. The predicted molar refractivity (Wildman–Crippen MR) is 52.2 cm³/mol. The van der Waals surface area contributed by atoms with Gasteiger partial charge in [-0.15, -0.1) is 0 Å². The Morgan fingerprint density at radius 3 is 2.80 bits per heavy atom. The first-order chi connectivity index (χ1) is 7.11. The summed E-state index contributed by atoms with van der Waals surface area (Å²) in [4.78, 5) is 25.5. The van der Waals surface area contributed by atoms with Crippen molar-refractivity contribution in [1.29, 1.82) is 0 Å². The highest BCUT2D eigenvalue weighted by Crippen LogP contribution is 1.92. The van der Waals surface area contributed by atoms with E-state index in [1.807, 2.05) is 0 Å². The van der Waals surface area contributed by atoms with Crippen LogP contribution >= 0.6 is 0 Å².